The second kappa shape index (κ2) is 6.16. The summed E-state index contributed by atoms with van der Waals surface area (Å²) in [6.45, 7) is 6.89. The van der Waals surface area contributed by atoms with Crippen molar-refractivity contribution in [1.29, 1.82) is 0 Å². The van der Waals surface area contributed by atoms with Crippen molar-refractivity contribution < 1.29 is 9.50 Å². The van der Waals surface area contributed by atoms with Gasteiger partial charge in [-0.2, -0.15) is 0 Å². The highest BCUT2D eigenvalue weighted by molar-refractivity contribution is 5.45. The van der Waals surface area contributed by atoms with Gasteiger partial charge in [0.05, 0.1) is 5.60 Å². The fourth-order valence-corrected chi connectivity index (χ4v) is 1.78. The van der Waals surface area contributed by atoms with E-state index in [-0.39, 0.29) is 5.82 Å². The summed E-state index contributed by atoms with van der Waals surface area (Å²) in [7, 11) is 1.89. The topological polar surface area (TPSA) is 35.5 Å². The van der Waals surface area contributed by atoms with Gasteiger partial charge in [-0.1, -0.05) is 13.8 Å². The summed E-state index contributed by atoms with van der Waals surface area (Å²) in [6, 6.07) is 6.61. The first kappa shape index (κ1) is 14.9. The second-order valence-corrected chi connectivity index (χ2v) is 5.37. The largest absolute Gasteiger partial charge is 0.387 e. The van der Waals surface area contributed by atoms with Crippen LogP contribution in [-0.2, 0) is 0 Å². The van der Waals surface area contributed by atoms with Crippen molar-refractivity contribution in [3.8, 4) is 0 Å². The maximum absolute atomic E-state index is 12.8. The number of hydrogen-bond donors (Lipinski definition) is 2. The quantitative estimate of drug-likeness (QED) is 0.815. The van der Waals surface area contributed by atoms with E-state index in [0.29, 0.717) is 19.1 Å². The molecule has 0 radical (unpaired) electrons. The van der Waals surface area contributed by atoms with Crippen LogP contribution in [0.4, 0.5) is 10.1 Å². The molecule has 4 heteroatoms. The molecule has 1 atom stereocenters. The molecule has 2 N–H and O–H groups in total. The van der Waals surface area contributed by atoms with E-state index >= 15 is 0 Å². The van der Waals surface area contributed by atoms with Crippen LogP contribution in [0.3, 0.4) is 0 Å². The molecular weight excluding hydrogens is 231 g/mol. The Morgan fingerprint density at radius 1 is 1.33 bits per heavy atom. The molecule has 0 aliphatic heterocycles. The Kier molecular flexibility index (Phi) is 5.11. The lowest BCUT2D eigenvalue weighted by Gasteiger charge is -2.31. The number of halogens is 1. The molecule has 0 bridgehead atoms. The fourth-order valence-electron chi connectivity index (χ4n) is 1.78. The molecule has 0 saturated carbocycles. The van der Waals surface area contributed by atoms with Crippen LogP contribution in [0, 0.1) is 5.82 Å². The lowest BCUT2D eigenvalue weighted by atomic mass is 10.1. The van der Waals surface area contributed by atoms with Gasteiger partial charge < -0.3 is 15.3 Å². The molecule has 0 aliphatic rings. The third-order valence-electron chi connectivity index (χ3n) is 2.74. The van der Waals surface area contributed by atoms with E-state index in [1.807, 2.05) is 25.8 Å². The van der Waals surface area contributed by atoms with Crippen LogP contribution in [0.5, 0.6) is 0 Å². The van der Waals surface area contributed by atoms with Crippen molar-refractivity contribution in [3.63, 3.8) is 0 Å². The minimum Gasteiger partial charge on any atom is -0.387 e. The summed E-state index contributed by atoms with van der Waals surface area (Å²) in [4.78, 5) is 1.92. The molecule has 1 aromatic rings. The molecule has 1 aromatic carbocycles. The summed E-state index contributed by atoms with van der Waals surface area (Å²) in [5.74, 6) is -0.250. The normalized spacial score (nSPS) is 14.6. The number of benzene rings is 1. The number of likely N-dealkylation sites (N-methyl/N-ethyl adjacent to an activating group) is 1. The Labute approximate surface area is 109 Å². The summed E-state index contributed by atoms with van der Waals surface area (Å²) < 4.78 is 12.8. The van der Waals surface area contributed by atoms with E-state index in [9.17, 15) is 9.50 Å². The van der Waals surface area contributed by atoms with Gasteiger partial charge in [0.15, 0.2) is 0 Å². The van der Waals surface area contributed by atoms with E-state index in [0.717, 1.165) is 5.69 Å². The van der Waals surface area contributed by atoms with E-state index in [2.05, 4.69) is 5.32 Å². The first-order chi connectivity index (χ1) is 8.30. The maximum atomic E-state index is 12.8. The molecule has 18 heavy (non-hydrogen) atoms. The molecular formula is C14H23FN2O. The molecule has 0 spiro atoms. The second-order valence-electron chi connectivity index (χ2n) is 5.37. The highest BCUT2D eigenvalue weighted by atomic mass is 19.1. The minimum absolute atomic E-state index is 0.250. The van der Waals surface area contributed by atoms with E-state index in [1.165, 1.54) is 12.1 Å². The van der Waals surface area contributed by atoms with Gasteiger partial charge in [-0.3, -0.25) is 0 Å². The lowest BCUT2D eigenvalue weighted by Crippen LogP contribution is -2.48. The van der Waals surface area contributed by atoms with Crippen molar-refractivity contribution in [2.75, 3.05) is 25.0 Å². The van der Waals surface area contributed by atoms with Gasteiger partial charge in [-0.25, -0.2) is 4.39 Å². The Balaban J connectivity index is 2.57. The molecule has 3 nitrogen and oxygen atoms in total. The van der Waals surface area contributed by atoms with Crippen LogP contribution in [0.25, 0.3) is 0 Å². The van der Waals surface area contributed by atoms with Crippen molar-refractivity contribution in [2.45, 2.75) is 32.4 Å². The summed E-state index contributed by atoms with van der Waals surface area (Å²) in [6.07, 6.45) is 0. The van der Waals surface area contributed by atoms with Crippen molar-refractivity contribution in [3.05, 3.63) is 30.1 Å². The Bertz CT molecular complexity index is 363. The lowest BCUT2D eigenvalue weighted by molar-refractivity contribution is 0.0656. The summed E-state index contributed by atoms with van der Waals surface area (Å²) in [5, 5.41) is 13.5. The molecule has 0 amide bonds. The predicted molar refractivity (Wildman–Crippen MR) is 73.4 cm³/mol. The molecule has 0 aromatic heterocycles. The van der Waals surface area contributed by atoms with E-state index in [4.69, 9.17) is 0 Å². The molecule has 0 fully saturated rings. The summed E-state index contributed by atoms with van der Waals surface area (Å²) >= 11 is 0. The van der Waals surface area contributed by atoms with Gasteiger partial charge >= 0.3 is 0 Å². The van der Waals surface area contributed by atoms with Gasteiger partial charge in [-0.15, -0.1) is 0 Å². The SMILES string of the molecule is CC(C)NCC(C)(O)CN(C)c1ccc(F)cc1. The first-order valence-electron chi connectivity index (χ1n) is 6.23. The zero-order valence-corrected chi connectivity index (χ0v) is 11.6. The number of hydrogen-bond acceptors (Lipinski definition) is 3. The van der Waals surface area contributed by atoms with Crippen LogP contribution in [-0.4, -0.2) is 36.9 Å². The fraction of sp³-hybridized carbons (Fsp3) is 0.571. The minimum atomic E-state index is -0.826. The van der Waals surface area contributed by atoms with Crippen LogP contribution >= 0.6 is 0 Å². The monoisotopic (exact) mass is 254 g/mol. The molecule has 0 aliphatic carbocycles. The Hall–Kier alpha value is -1.13. The van der Waals surface area contributed by atoms with E-state index in [1.54, 1.807) is 19.1 Å². The van der Waals surface area contributed by atoms with Crippen molar-refractivity contribution in [2.24, 2.45) is 0 Å². The Morgan fingerprint density at radius 3 is 2.39 bits per heavy atom. The molecule has 1 unspecified atom stereocenters. The molecule has 0 heterocycles. The average Bonchev–Trinajstić information content (AvgIpc) is 2.27. The number of nitrogens with one attached hydrogen (secondary N) is 1. The summed E-state index contributed by atoms with van der Waals surface area (Å²) in [5.41, 5.74) is 0.0640. The van der Waals surface area contributed by atoms with Crippen LogP contribution in [0.2, 0.25) is 0 Å². The highest BCUT2D eigenvalue weighted by Crippen LogP contribution is 2.16. The maximum Gasteiger partial charge on any atom is 0.123 e. The first-order valence-corrected chi connectivity index (χ1v) is 6.23. The smallest absolute Gasteiger partial charge is 0.123 e. The zero-order valence-electron chi connectivity index (χ0n) is 11.6. The van der Waals surface area contributed by atoms with Crippen molar-refractivity contribution >= 4 is 5.69 Å². The van der Waals surface area contributed by atoms with Gasteiger partial charge in [-0.05, 0) is 31.2 Å². The van der Waals surface area contributed by atoms with Gasteiger partial charge in [0.2, 0.25) is 0 Å². The van der Waals surface area contributed by atoms with Crippen LogP contribution < -0.4 is 10.2 Å². The van der Waals surface area contributed by atoms with Gasteiger partial charge in [0, 0.05) is 31.9 Å². The highest BCUT2D eigenvalue weighted by Gasteiger charge is 2.22. The number of nitrogens with zero attached hydrogens (tertiary/aromatic N) is 1. The van der Waals surface area contributed by atoms with Crippen LogP contribution in [0.1, 0.15) is 20.8 Å². The number of anilines is 1. The van der Waals surface area contributed by atoms with Crippen molar-refractivity contribution in [1.82, 2.24) is 5.32 Å². The van der Waals surface area contributed by atoms with E-state index < -0.39 is 5.60 Å². The van der Waals surface area contributed by atoms with Crippen LogP contribution in [0.15, 0.2) is 24.3 Å². The average molecular weight is 254 g/mol. The third-order valence-corrected chi connectivity index (χ3v) is 2.74. The van der Waals surface area contributed by atoms with Gasteiger partial charge in [0.1, 0.15) is 5.82 Å². The number of rotatable bonds is 6. The predicted octanol–water partition coefficient (Wildman–Crippen LogP) is 2.01. The molecule has 1 rings (SSSR count). The zero-order chi connectivity index (χ0) is 13.8. The third kappa shape index (κ3) is 5.02. The standard InChI is InChI=1S/C14H23FN2O/c1-11(2)16-9-14(3,18)10-17(4)13-7-5-12(15)6-8-13/h5-8,11,16,18H,9-10H2,1-4H3. The van der Waals surface area contributed by atoms with Gasteiger partial charge in [0.25, 0.3) is 0 Å². The molecule has 102 valence electrons. The Morgan fingerprint density at radius 2 is 1.89 bits per heavy atom. The number of aliphatic hydroxyl groups is 1. The molecule has 0 saturated heterocycles.